The molecule has 5 nitrogen and oxygen atoms in total. The molecule has 0 amide bonds. The second kappa shape index (κ2) is 7.22. The van der Waals surface area contributed by atoms with Crippen LogP contribution in [0.1, 0.15) is 12.5 Å². The van der Waals surface area contributed by atoms with E-state index < -0.39 is 0 Å². The van der Waals surface area contributed by atoms with Crippen molar-refractivity contribution in [2.24, 2.45) is 0 Å². The van der Waals surface area contributed by atoms with Gasteiger partial charge in [0.25, 0.3) is 0 Å². The third-order valence-corrected chi connectivity index (χ3v) is 3.99. The lowest BCUT2D eigenvalue weighted by atomic mass is 10.3. The van der Waals surface area contributed by atoms with Crippen molar-refractivity contribution >= 4 is 5.82 Å². The third-order valence-electron chi connectivity index (χ3n) is 3.99. The Bertz CT molecular complexity index is 582. The summed E-state index contributed by atoms with van der Waals surface area (Å²) in [6.45, 7) is 8.09. The molecule has 1 saturated heterocycles. The number of hydrogen-bond acceptors (Lipinski definition) is 5. The monoisotopic (exact) mass is 298 g/mol. The van der Waals surface area contributed by atoms with Crippen molar-refractivity contribution in [3.05, 3.63) is 48.3 Å². The van der Waals surface area contributed by atoms with Crippen molar-refractivity contribution in [2.45, 2.75) is 13.5 Å². The maximum Gasteiger partial charge on any atom is 0.215 e. The van der Waals surface area contributed by atoms with Gasteiger partial charge in [-0.2, -0.15) is 4.98 Å². The molecular formula is C17H22N4O. The van der Waals surface area contributed by atoms with E-state index in [1.165, 1.54) is 0 Å². The number of pyridine rings is 2. The minimum Gasteiger partial charge on any atom is -0.473 e. The van der Waals surface area contributed by atoms with Gasteiger partial charge in [0.15, 0.2) is 0 Å². The molecule has 2 aromatic heterocycles. The highest BCUT2D eigenvalue weighted by Gasteiger charge is 2.16. The molecule has 0 saturated carbocycles. The van der Waals surface area contributed by atoms with Crippen LogP contribution < -0.4 is 9.64 Å². The average Bonchev–Trinajstić information content (AvgIpc) is 2.61. The summed E-state index contributed by atoms with van der Waals surface area (Å²) in [5, 5.41) is 0. The van der Waals surface area contributed by atoms with Gasteiger partial charge in [-0.05, 0) is 30.3 Å². The number of anilines is 1. The second-order valence-electron chi connectivity index (χ2n) is 5.40. The van der Waals surface area contributed by atoms with E-state index >= 15 is 0 Å². The van der Waals surface area contributed by atoms with Crippen LogP contribution in [0.4, 0.5) is 5.82 Å². The number of nitrogens with zero attached hydrogens (tertiary/aromatic N) is 4. The van der Waals surface area contributed by atoms with Crippen molar-refractivity contribution < 1.29 is 4.74 Å². The first kappa shape index (κ1) is 14.8. The van der Waals surface area contributed by atoms with Crippen LogP contribution in [0.25, 0.3) is 0 Å². The summed E-state index contributed by atoms with van der Waals surface area (Å²) in [6.07, 6.45) is 3.55. The fourth-order valence-corrected chi connectivity index (χ4v) is 2.59. The quantitative estimate of drug-likeness (QED) is 0.846. The van der Waals surface area contributed by atoms with Crippen LogP contribution in [0.3, 0.4) is 0 Å². The molecule has 5 heteroatoms. The molecule has 0 atom stereocenters. The Hall–Kier alpha value is -2.14. The van der Waals surface area contributed by atoms with Crippen LogP contribution in [0, 0.1) is 0 Å². The van der Waals surface area contributed by atoms with Gasteiger partial charge < -0.3 is 14.5 Å². The van der Waals surface area contributed by atoms with Crippen LogP contribution in [-0.4, -0.2) is 47.6 Å². The minimum absolute atomic E-state index is 0.516. The highest BCUT2D eigenvalue weighted by Crippen LogP contribution is 2.18. The van der Waals surface area contributed by atoms with Gasteiger partial charge in [0.1, 0.15) is 12.4 Å². The second-order valence-corrected chi connectivity index (χ2v) is 5.40. The molecule has 1 fully saturated rings. The lowest BCUT2D eigenvalue weighted by Gasteiger charge is -2.34. The van der Waals surface area contributed by atoms with Gasteiger partial charge in [0.05, 0.1) is 0 Å². The Morgan fingerprint density at radius 2 is 1.82 bits per heavy atom. The van der Waals surface area contributed by atoms with Gasteiger partial charge in [0, 0.05) is 44.6 Å². The van der Waals surface area contributed by atoms with Crippen molar-refractivity contribution in [2.75, 3.05) is 37.6 Å². The molecule has 1 aliphatic heterocycles. The van der Waals surface area contributed by atoms with E-state index in [2.05, 4.69) is 32.8 Å². The maximum atomic E-state index is 5.79. The van der Waals surface area contributed by atoms with E-state index in [-0.39, 0.29) is 0 Å². The number of likely N-dealkylation sites (N-methyl/N-ethyl adjacent to an activating group) is 1. The van der Waals surface area contributed by atoms with Crippen LogP contribution in [0.15, 0.2) is 42.7 Å². The number of hydrogen-bond donors (Lipinski definition) is 0. The zero-order valence-corrected chi connectivity index (χ0v) is 13.0. The number of aromatic nitrogens is 2. The fraction of sp³-hybridized carbons (Fsp3) is 0.412. The minimum atomic E-state index is 0.516. The smallest absolute Gasteiger partial charge is 0.215 e. The maximum absolute atomic E-state index is 5.79. The standard InChI is InChI=1S/C17H22N4O/c1-2-20-10-12-21(13-11-20)16-4-3-5-17(19-16)22-14-15-6-8-18-9-7-15/h3-9H,2,10-14H2,1H3. The summed E-state index contributed by atoms with van der Waals surface area (Å²) in [5.74, 6) is 1.68. The van der Waals surface area contributed by atoms with Gasteiger partial charge in [-0.15, -0.1) is 0 Å². The summed E-state index contributed by atoms with van der Waals surface area (Å²) >= 11 is 0. The lowest BCUT2D eigenvalue weighted by molar-refractivity contribution is 0.269. The molecule has 0 bridgehead atoms. The van der Waals surface area contributed by atoms with Crippen molar-refractivity contribution in [3.63, 3.8) is 0 Å². The molecule has 0 aromatic carbocycles. The number of rotatable bonds is 5. The third kappa shape index (κ3) is 3.74. The molecule has 0 spiro atoms. The fourth-order valence-electron chi connectivity index (χ4n) is 2.59. The largest absolute Gasteiger partial charge is 0.473 e. The van der Waals surface area contributed by atoms with E-state index in [4.69, 9.17) is 4.74 Å². The first-order valence-corrected chi connectivity index (χ1v) is 7.81. The van der Waals surface area contributed by atoms with Crippen LogP contribution in [-0.2, 0) is 6.61 Å². The van der Waals surface area contributed by atoms with Gasteiger partial charge in [-0.25, -0.2) is 0 Å². The predicted molar refractivity (Wildman–Crippen MR) is 87.1 cm³/mol. The molecule has 3 rings (SSSR count). The van der Waals surface area contributed by atoms with Crippen molar-refractivity contribution in [1.29, 1.82) is 0 Å². The van der Waals surface area contributed by atoms with Crippen molar-refractivity contribution in [3.8, 4) is 5.88 Å². The SMILES string of the molecule is CCN1CCN(c2cccc(OCc3ccncc3)n2)CC1. The Balaban J connectivity index is 1.60. The number of ether oxygens (including phenoxy) is 1. The zero-order valence-electron chi connectivity index (χ0n) is 13.0. The molecule has 0 aliphatic carbocycles. The summed E-state index contributed by atoms with van der Waals surface area (Å²) in [5.41, 5.74) is 1.10. The van der Waals surface area contributed by atoms with E-state index in [9.17, 15) is 0 Å². The summed E-state index contributed by atoms with van der Waals surface area (Å²) in [4.78, 5) is 13.4. The van der Waals surface area contributed by atoms with Crippen LogP contribution >= 0.6 is 0 Å². The van der Waals surface area contributed by atoms with E-state index in [0.29, 0.717) is 12.5 Å². The van der Waals surface area contributed by atoms with Gasteiger partial charge in [-0.1, -0.05) is 13.0 Å². The van der Waals surface area contributed by atoms with Gasteiger partial charge in [0.2, 0.25) is 5.88 Å². The predicted octanol–water partition coefficient (Wildman–Crippen LogP) is 2.20. The van der Waals surface area contributed by atoms with Gasteiger partial charge >= 0.3 is 0 Å². The van der Waals surface area contributed by atoms with E-state index in [1.807, 2.05) is 24.3 Å². The lowest BCUT2D eigenvalue weighted by Crippen LogP contribution is -2.46. The highest BCUT2D eigenvalue weighted by atomic mass is 16.5. The normalized spacial score (nSPS) is 15.8. The first-order chi connectivity index (χ1) is 10.8. The highest BCUT2D eigenvalue weighted by molar-refractivity contribution is 5.41. The Morgan fingerprint density at radius 3 is 2.55 bits per heavy atom. The Morgan fingerprint density at radius 1 is 1.05 bits per heavy atom. The van der Waals surface area contributed by atoms with Crippen molar-refractivity contribution in [1.82, 2.24) is 14.9 Å². The molecular weight excluding hydrogens is 276 g/mol. The molecule has 1 aliphatic rings. The topological polar surface area (TPSA) is 41.5 Å². The van der Waals surface area contributed by atoms with Crippen LogP contribution in [0.5, 0.6) is 5.88 Å². The molecule has 0 N–H and O–H groups in total. The molecule has 0 unspecified atom stereocenters. The summed E-state index contributed by atoms with van der Waals surface area (Å²) in [7, 11) is 0. The summed E-state index contributed by atoms with van der Waals surface area (Å²) < 4.78 is 5.79. The molecule has 0 radical (unpaired) electrons. The van der Waals surface area contributed by atoms with Gasteiger partial charge in [-0.3, -0.25) is 4.98 Å². The molecule has 22 heavy (non-hydrogen) atoms. The van der Waals surface area contributed by atoms with Crippen LogP contribution in [0.2, 0.25) is 0 Å². The Labute approximate surface area is 131 Å². The molecule has 3 heterocycles. The summed E-state index contributed by atoms with van der Waals surface area (Å²) in [6, 6.07) is 9.88. The first-order valence-electron chi connectivity index (χ1n) is 7.81. The molecule has 2 aromatic rings. The average molecular weight is 298 g/mol. The Kier molecular flexibility index (Phi) is 4.85. The van der Waals surface area contributed by atoms with E-state index in [1.54, 1.807) is 12.4 Å². The molecule has 116 valence electrons. The zero-order chi connectivity index (χ0) is 15.2. The van der Waals surface area contributed by atoms with E-state index in [0.717, 1.165) is 44.1 Å². The number of piperazine rings is 1.